The van der Waals surface area contributed by atoms with Crippen LogP contribution in [0.5, 0.6) is 0 Å². The van der Waals surface area contributed by atoms with Crippen molar-refractivity contribution in [3.8, 4) is 11.3 Å². The van der Waals surface area contributed by atoms with Gasteiger partial charge in [0.2, 0.25) is 0 Å². The van der Waals surface area contributed by atoms with Crippen molar-refractivity contribution in [2.75, 3.05) is 0 Å². The summed E-state index contributed by atoms with van der Waals surface area (Å²) in [5.74, 6) is 0.120. The number of halogens is 3. The Morgan fingerprint density at radius 3 is 2.47 bits per heavy atom. The highest BCUT2D eigenvalue weighted by Gasteiger charge is 2.26. The quantitative estimate of drug-likeness (QED) is 0.244. The molecule has 0 aliphatic heterocycles. The van der Waals surface area contributed by atoms with Crippen molar-refractivity contribution in [1.82, 2.24) is 9.55 Å². The second kappa shape index (κ2) is 8.47. The van der Waals surface area contributed by atoms with Crippen molar-refractivity contribution in [1.29, 1.82) is 0 Å². The molecule has 0 radical (unpaired) electrons. The third kappa shape index (κ3) is 3.71. The number of para-hydroxylation sites is 1. The van der Waals surface area contributed by atoms with Gasteiger partial charge in [-0.05, 0) is 23.8 Å². The van der Waals surface area contributed by atoms with E-state index in [0.717, 1.165) is 16.6 Å². The van der Waals surface area contributed by atoms with Crippen LogP contribution in [0.15, 0.2) is 83.4 Å². The Hall–Kier alpha value is -3.05. The Bertz CT molecular complexity index is 1460. The zero-order valence-corrected chi connectivity index (χ0v) is 18.8. The van der Waals surface area contributed by atoms with Crippen LogP contribution >= 0.6 is 34.8 Å². The number of fused-ring (bicyclic) bond motifs is 1. The van der Waals surface area contributed by atoms with Crippen LogP contribution in [0.4, 0.5) is 0 Å². The molecule has 3 aromatic carbocycles. The van der Waals surface area contributed by atoms with E-state index in [2.05, 4.69) is 4.98 Å². The van der Waals surface area contributed by atoms with Crippen molar-refractivity contribution in [2.24, 2.45) is 0 Å². The first-order valence-corrected chi connectivity index (χ1v) is 10.9. The average molecular weight is 482 g/mol. The summed E-state index contributed by atoms with van der Waals surface area (Å²) >= 11 is 19.2. The smallest absolute Gasteiger partial charge is 0.268 e. The third-order valence-corrected chi connectivity index (χ3v) is 6.22. The predicted octanol–water partition coefficient (Wildman–Crippen LogP) is 7.54. The molecule has 5 aromatic rings. The molecule has 5 rings (SSSR count). The predicted molar refractivity (Wildman–Crippen MR) is 128 cm³/mol. The molecule has 0 N–H and O–H groups in total. The monoisotopic (exact) mass is 480 g/mol. The first kappa shape index (κ1) is 20.8. The fourth-order valence-electron chi connectivity index (χ4n) is 3.68. The largest absolute Gasteiger partial charge is 0.433 e. The van der Waals surface area contributed by atoms with Gasteiger partial charge in [-0.2, -0.15) is 0 Å². The molecule has 0 spiro atoms. The van der Waals surface area contributed by atoms with Gasteiger partial charge in [0.25, 0.3) is 11.7 Å². The first-order chi connectivity index (χ1) is 15.5. The van der Waals surface area contributed by atoms with Gasteiger partial charge in [0.15, 0.2) is 5.76 Å². The molecule has 2 aromatic heterocycles. The van der Waals surface area contributed by atoms with Crippen molar-refractivity contribution < 1.29 is 9.21 Å². The van der Waals surface area contributed by atoms with E-state index in [9.17, 15) is 4.79 Å². The van der Waals surface area contributed by atoms with Gasteiger partial charge in [-0.3, -0.25) is 4.79 Å². The van der Waals surface area contributed by atoms with E-state index in [0.29, 0.717) is 38.5 Å². The number of aromatic nitrogens is 2. The molecule has 0 saturated carbocycles. The summed E-state index contributed by atoms with van der Waals surface area (Å²) in [6, 6.07) is 22.3. The minimum atomic E-state index is -0.380. The topological polar surface area (TPSA) is 48.0 Å². The molecule has 0 atom stereocenters. The lowest BCUT2D eigenvalue weighted by Crippen LogP contribution is -2.04. The summed E-state index contributed by atoms with van der Waals surface area (Å²) in [5, 5.41) is 2.09. The fourth-order valence-corrected chi connectivity index (χ4v) is 4.49. The molecule has 0 amide bonds. The Balaban J connectivity index is 1.58. The minimum absolute atomic E-state index is 0.0156. The summed E-state index contributed by atoms with van der Waals surface area (Å²) in [6.45, 7) is 0.378. The number of carbonyl (C=O) groups is 1. The summed E-state index contributed by atoms with van der Waals surface area (Å²) < 4.78 is 7.63. The van der Waals surface area contributed by atoms with Crippen molar-refractivity contribution >= 4 is 51.5 Å². The van der Waals surface area contributed by atoms with Gasteiger partial charge >= 0.3 is 0 Å². The number of hydrogen-bond donors (Lipinski definition) is 0. The molecule has 0 saturated heterocycles. The summed E-state index contributed by atoms with van der Waals surface area (Å²) in [7, 11) is 0. The van der Waals surface area contributed by atoms with Crippen LogP contribution < -0.4 is 0 Å². The Morgan fingerprint density at radius 1 is 0.938 bits per heavy atom. The molecule has 0 unspecified atom stereocenters. The van der Waals surface area contributed by atoms with E-state index < -0.39 is 0 Å². The lowest BCUT2D eigenvalue weighted by Gasteiger charge is -2.09. The molecule has 0 aliphatic rings. The normalized spacial score (nSPS) is 11.2. The van der Waals surface area contributed by atoms with Crippen LogP contribution in [0.2, 0.25) is 15.2 Å². The third-order valence-electron chi connectivity index (χ3n) is 5.24. The highest BCUT2D eigenvalue weighted by Crippen LogP contribution is 2.34. The van der Waals surface area contributed by atoms with E-state index in [1.807, 2.05) is 65.2 Å². The molecule has 0 aliphatic carbocycles. The van der Waals surface area contributed by atoms with Gasteiger partial charge in [-0.1, -0.05) is 89.4 Å². The number of rotatable bonds is 5. The van der Waals surface area contributed by atoms with Gasteiger partial charge in [-0.25, -0.2) is 4.98 Å². The number of benzene rings is 3. The average Bonchev–Trinajstić information content (AvgIpc) is 3.40. The standard InChI is InChI=1S/C25H15Cl3N2O2/c26-17-11-10-16(19(27)12-17)14-30-20-9-5-4-8-18(20)22(24(30)28)23(31)25-29-13-21(32-25)15-6-2-1-3-7-15/h1-13H,14H2. The molecule has 4 nitrogen and oxygen atoms in total. The molecule has 158 valence electrons. The summed E-state index contributed by atoms with van der Waals surface area (Å²) in [5.41, 5.74) is 2.82. The molecule has 0 fully saturated rings. The molecule has 7 heteroatoms. The Labute approximate surface area is 199 Å². The second-order valence-electron chi connectivity index (χ2n) is 7.23. The van der Waals surface area contributed by atoms with Crippen molar-refractivity contribution in [3.63, 3.8) is 0 Å². The summed E-state index contributed by atoms with van der Waals surface area (Å²) in [6.07, 6.45) is 1.54. The van der Waals surface area contributed by atoms with E-state index in [4.69, 9.17) is 39.2 Å². The highest BCUT2D eigenvalue weighted by molar-refractivity contribution is 6.37. The minimum Gasteiger partial charge on any atom is -0.433 e. The van der Waals surface area contributed by atoms with Gasteiger partial charge in [0, 0.05) is 21.0 Å². The van der Waals surface area contributed by atoms with Gasteiger partial charge in [-0.15, -0.1) is 0 Å². The van der Waals surface area contributed by atoms with Gasteiger partial charge in [0.05, 0.1) is 23.8 Å². The number of oxazole rings is 1. The number of ketones is 1. The number of nitrogens with zero attached hydrogens (tertiary/aromatic N) is 2. The Kier molecular flexibility index (Phi) is 5.51. The lowest BCUT2D eigenvalue weighted by atomic mass is 10.1. The summed E-state index contributed by atoms with van der Waals surface area (Å²) in [4.78, 5) is 17.6. The number of hydrogen-bond acceptors (Lipinski definition) is 3. The van der Waals surface area contributed by atoms with E-state index in [1.54, 1.807) is 18.3 Å². The van der Waals surface area contributed by atoms with E-state index >= 15 is 0 Å². The molecule has 32 heavy (non-hydrogen) atoms. The van der Waals surface area contributed by atoms with Crippen LogP contribution in [0, 0.1) is 0 Å². The highest BCUT2D eigenvalue weighted by atomic mass is 35.5. The molecular formula is C25H15Cl3N2O2. The molecule has 0 bridgehead atoms. The maximum Gasteiger partial charge on any atom is 0.268 e. The van der Waals surface area contributed by atoms with Gasteiger partial charge < -0.3 is 8.98 Å². The first-order valence-electron chi connectivity index (χ1n) is 9.79. The zero-order valence-electron chi connectivity index (χ0n) is 16.6. The van der Waals surface area contributed by atoms with Crippen LogP contribution in [0.1, 0.15) is 21.8 Å². The van der Waals surface area contributed by atoms with Crippen LogP contribution in [0.3, 0.4) is 0 Å². The van der Waals surface area contributed by atoms with Gasteiger partial charge in [0.1, 0.15) is 5.15 Å². The second-order valence-corrected chi connectivity index (χ2v) is 8.43. The number of carbonyl (C=O) groups excluding carboxylic acids is 1. The van der Waals surface area contributed by atoms with Crippen LogP contribution in [-0.4, -0.2) is 15.3 Å². The zero-order chi connectivity index (χ0) is 22.2. The van der Waals surface area contributed by atoms with Crippen LogP contribution in [-0.2, 0) is 6.54 Å². The SMILES string of the molecule is O=C(c1ncc(-c2ccccc2)o1)c1c(Cl)n(Cc2ccc(Cl)cc2Cl)c2ccccc12. The lowest BCUT2D eigenvalue weighted by molar-refractivity contribution is 0.100. The van der Waals surface area contributed by atoms with E-state index in [-0.39, 0.29) is 11.7 Å². The van der Waals surface area contributed by atoms with E-state index in [1.165, 1.54) is 0 Å². The maximum absolute atomic E-state index is 13.4. The molecule has 2 heterocycles. The van der Waals surface area contributed by atoms with Crippen molar-refractivity contribution in [3.05, 3.63) is 111 Å². The van der Waals surface area contributed by atoms with Crippen molar-refractivity contribution in [2.45, 2.75) is 6.54 Å². The molecular weight excluding hydrogens is 467 g/mol. The van der Waals surface area contributed by atoms with Crippen LogP contribution in [0.25, 0.3) is 22.2 Å². The maximum atomic E-state index is 13.4. The fraction of sp³-hybridized carbons (Fsp3) is 0.0400. The Morgan fingerprint density at radius 2 is 1.69 bits per heavy atom.